The molecule has 1 saturated carbocycles. The minimum absolute atomic E-state index is 0.171. The zero-order valence-electron chi connectivity index (χ0n) is 18.8. The number of ether oxygens (including phenoxy) is 1. The van der Waals surface area contributed by atoms with Crippen LogP contribution in [-0.4, -0.2) is 15.9 Å². The molecule has 0 radical (unpaired) electrons. The minimum Gasteiger partial charge on any atom is -0.406 e. The molecule has 1 aliphatic carbocycles. The number of halogens is 3. The van der Waals surface area contributed by atoms with Gasteiger partial charge in [-0.1, -0.05) is 27.7 Å². The predicted molar refractivity (Wildman–Crippen MR) is 121 cm³/mol. The smallest absolute Gasteiger partial charge is 0.406 e. The van der Waals surface area contributed by atoms with Gasteiger partial charge in [-0.2, -0.15) is 0 Å². The molecule has 1 heterocycles. The van der Waals surface area contributed by atoms with Crippen molar-refractivity contribution in [1.29, 1.82) is 0 Å². The van der Waals surface area contributed by atoms with Gasteiger partial charge in [-0.05, 0) is 72.6 Å². The van der Waals surface area contributed by atoms with E-state index in [1.165, 1.54) is 12.1 Å². The van der Waals surface area contributed by atoms with Crippen molar-refractivity contribution in [1.82, 2.24) is 9.55 Å². The summed E-state index contributed by atoms with van der Waals surface area (Å²) in [5.74, 6) is 0.383. The zero-order chi connectivity index (χ0) is 23.3. The van der Waals surface area contributed by atoms with E-state index >= 15 is 0 Å². The highest BCUT2D eigenvalue weighted by molar-refractivity contribution is 5.83. The summed E-state index contributed by atoms with van der Waals surface area (Å²) in [7, 11) is 0. The number of nitrogens with two attached hydrogens (primary N) is 1. The first-order valence-corrected chi connectivity index (χ1v) is 10.7. The molecule has 32 heavy (non-hydrogen) atoms. The summed E-state index contributed by atoms with van der Waals surface area (Å²) in [6, 6.07) is 11.6. The molecule has 8 heteroatoms. The maximum Gasteiger partial charge on any atom is 0.573 e. The maximum atomic E-state index is 12.5. The van der Waals surface area contributed by atoms with Crippen molar-refractivity contribution in [3.63, 3.8) is 0 Å². The topological polar surface area (TPSA) is 65.1 Å². The van der Waals surface area contributed by atoms with Gasteiger partial charge in [0.15, 0.2) is 0 Å². The highest BCUT2D eigenvalue weighted by atomic mass is 19.4. The lowest BCUT2D eigenvalue weighted by Crippen LogP contribution is -2.35. The molecule has 5 nitrogen and oxygen atoms in total. The van der Waals surface area contributed by atoms with Gasteiger partial charge in [-0.25, -0.2) is 4.98 Å². The van der Waals surface area contributed by atoms with E-state index in [1.807, 2.05) is 18.2 Å². The molecule has 1 aliphatic rings. The first kappa shape index (κ1) is 22.3. The molecule has 0 amide bonds. The molecule has 0 bridgehead atoms. The number of imidazole rings is 1. The largest absolute Gasteiger partial charge is 0.573 e. The monoisotopic (exact) mass is 446 g/mol. The summed E-state index contributed by atoms with van der Waals surface area (Å²) in [5, 5.41) is 3.30. The third kappa shape index (κ3) is 4.95. The maximum absolute atomic E-state index is 12.5. The number of nitrogens with one attached hydrogen (secondary N) is 1. The second kappa shape index (κ2) is 7.60. The Morgan fingerprint density at radius 1 is 1.03 bits per heavy atom. The molecule has 0 unspecified atom stereocenters. The fourth-order valence-corrected chi connectivity index (χ4v) is 5.41. The lowest BCUT2D eigenvalue weighted by Gasteiger charge is -2.45. The molecule has 0 spiro atoms. The van der Waals surface area contributed by atoms with Gasteiger partial charge in [0.25, 0.3) is 0 Å². The van der Waals surface area contributed by atoms with E-state index in [-0.39, 0.29) is 22.6 Å². The molecule has 0 atom stereocenters. The van der Waals surface area contributed by atoms with Crippen LogP contribution in [0.3, 0.4) is 0 Å². The van der Waals surface area contributed by atoms with Crippen molar-refractivity contribution in [2.75, 3.05) is 11.1 Å². The zero-order valence-corrected chi connectivity index (χ0v) is 18.8. The highest BCUT2D eigenvalue weighted by Crippen LogP contribution is 2.51. The summed E-state index contributed by atoms with van der Waals surface area (Å²) in [6.45, 7) is 9.18. The highest BCUT2D eigenvalue weighted by Gasteiger charge is 2.40. The number of hydrogen-bond donors (Lipinski definition) is 2. The van der Waals surface area contributed by atoms with Gasteiger partial charge in [0.2, 0.25) is 5.95 Å². The Morgan fingerprint density at radius 2 is 1.66 bits per heavy atom. The molecule has 4 rings (SSSR count). The van der Waals surface area contributed by atoms with Gasteiger partial charge in [-0.15, -0.1) is 13.2 Å². The minimum atomic E-state index is -4.72. The van der Waals surface area contributed by atoms with Crippen LogP contribution in [0.2, 0.25) is 0 Å². The molecule has 3 aromatic rings. The second-order valence-electron chi connectivity index (χ2n) is 10.3. The number of hydrogen-bond acceptors (Lipinski definition) is 4. The summed E-state index contributed by atoms with van der Waals surface area (Å²) in [5.41, 5.74) is 9.36. The van der Waals surface area contributed by atoms with Crippen LogP contribution in [0.4, 0.5) is 30.5 Å². The molecule has 172 valence electrons. The number of anilines is 3. The lowest BCUT2D eigenvalue weighted by molar-refractivity contribution is -0.274. The van der Waals surface area contributed by atoms with Crippen LogP contribution < -0.4 is 15.8 Å². The van der Waals surface area contributed by atoms with Gasteiger partial charge in [-0.3, -0.25) is 0 Å². The quantitative estimate of drug-likeness (QED) is 0.422. The molecule has 1 fully saturated rings. The van der Waals surface area contributed by atoms with Crippen molar-refractivity contribution in [3.8, 4) is 5.75 Å². The van der Waals surface area contributed by atoms with Crippen molar-refractivity contribution in [3.05, 3.63) is 42.5 Å². The van der Waals surface area contributed by atoms with E-state index in [1.54, 1.807) is 12.1 Å². The Morgan fingerprint density at radius 3 is 2.25 bits per heavy atom. The SMILES string of the molecule is CC1(C)CC(n2c(Nc3ccc(OC(F)(F)F)cc3)nc3cc(N)ccc32)CC(C)(C)C1. The first-order valence-electron chi connectivity index (χ1n) is 10.7. The Balaban J connectivity index is 1.72. The van der Waals surface area contributed by atoms with E-state index in [0.29, 0.717) is 17.3 Å². The number of nitrogens with zero attached hydrogens (tertiary/aromatic N) is 2. The summed E-state index contributed by atoms with van der Waals surface area (Å²) in [4.78, 5) is 4.78. The van der Waals surface area contributed by atoms with Crippen LogP contribution in [-0.2, 0) is 0 Å². The number of alkyl halides is 3. The van der Waals surface area contributed by atoms with Crippen molar-refractivity contribution in [2.45, 2.75) is 59.4 Å². The summed E-state index contributed by atoms with van der Waals surface area (Å²) < 4.78 is 43.6. The van der Waals surface area contributed by atoms with Crippen LogP contribution in [0.25, 0.3) is 11.0 Å². The number of fused-ring (bicyclic) bond motifs is 1. The Bertz CT molecular complexity index is 1100. The van der Waals surface area contributed by atoms with Crippen LogP contribution in [0.5, 0.6) is 5.75 Å². The van der Waals surface area contributed by atoms with E-state index in [9.17, 15) is 13.2 Å². The van der Waals surface area contributed by atoms with Gasteiger partial charge >= 0.3 is 6.36 Å². The number of rotatable bonds is 4. The first-order chi connectivity index (χ1) is 14.8. The molecule has 0 saturated heterocycles. The Kier molecular flexibility index (Phi) is 5.30. The van der Waals surface area contributed by atoms with Crippen LogP contribution in [0.1, 0.15) is 53.0 Å². The number of nitrogen functional groups attached to an aromatic ring is 1. The molecule has 2 aromatic carbocycles. The molecule has 1 aromatic heterocycles. The summed E-state index contributed by atoms with van der Waals surface area (Å²) >= 11 is 0. The van der Waals surface area contributed by atoms with E-state index in [2.05, 4.69) is 42.3 Å². The van der Waals surface area contributed by atoms with Crippen molar-refractivity contribution < 1.29 is 17.9 Å². The number of aromatic nitrogens is 2. The van der Waals surface area contributed by atoms with Crippen LogP contribution in [0.15, 0.2) is 42.5 Å². The van der Waals surface area contributed by atoms with Crippen molar-refractivity contribution in [2.24, 2.45) is 10.8 Å². The van der Waals surface area contributed by atoms with Gasteiger partial charge in [0.1, 0.15) is 5.75 Å². The van der Waals surface area contributed by atoms with Crippen LogP contribution >= 0.6 is 0 Å². The fourth-order valence-electron chi connectivity index (χ4n) is 5.41. The van der Waals surface area contributed by atoms with Crippen LogP contribution in [0, 0.1) is 10.8 Å². The average molecular weight is 447 g/mol. The molecular weight excluding hydrogens is 417 g/mol. The van der Waals surface area contributed by atoms with Gasteiger partial charge in [0.05, 0.1) is 11.0 Å². The summed E-state index contributed by atoms with van der Waals surface area (Å²) in [6.07, 6.45) is -1.58. The standard InChI is InChI=1S/C24H29F3N4O/c1-22(2)12-17(13-23(3,4)14-22)31-20-10-5-15(28)11-19(20)30-21(31)29-16-6-8-18(9-7-16)32-24(25,26)27/h5-11,17H,12-14,28H2,1-4H3,(H,29,30). The third-order valence-electron chi connectivity index (χ3n) is 5.96. The fraction of sp³-hybridized carbons (Fsp3) is 0.458. The van der Waals surface area contributed by atoms with Gasteiger partial charge < -0.3 is 20.4 Å². The molecular formula is C24H29F3N4O. The Labute approximate surface area is 185 Å². The van der Waals surface area contributed by atoms with Gasteiger partial charge in [0, 0.05) is 17.4 Å². The molecule has 0 aliphatic heterocycles. The van der Waals surface area contributed by atoms with Crippen molar-refractivity contribution >= 4 is 28.4 Å². The molecule has 3 N–H and O–H groups in total. The third-order valence-corrected chi connectivity index (χ3v) is 5.96. The predicted octanol–water partition coefficient (Wildman–Crippen LogP) is 7.04. The normalized spacial score (nSPS) is 18.6. The second-order valence-corrected chi connectivity index (χ2v) is 10.3. The average Bonchev–Trinajstić information content (AvgIpc) is 2.96. The van der Waals surface area contributed by atoms with E-state index < -0.39 is 6.36 Å². The number of benzene rings is 2. The van der Waals surface area contributed by atoms with E-state index in [0.717, 1.165) is 30.3 Å². The van der Waals surface area contributed by atoms with E-state index in [4.69, 9.17) is 10.7 Å². The lowest BCUT2D eigenvalue weighted by atomic mass is 9.63. The Hall–Kier alpha value is -2.90.